The van der Waals surface area contributed by atoms with Gasteiger partial charge in [-0.3, -0.25) is 9.69 Å². The van der Waals surface area contributed by atoms with E-state index < -0.39 is 11.6 Å². The molecule has 5 heteroatoms. The Morgan fingerprint density at radius 2 is 1.84 bits per heavy atom. The fourth-order valence-corrected chi connectivity index (χ4v) is 7.09. The van der Waals surface area contributed by atoms with Gasteiger partial charge in [0.05, 0.1) is 25.1 Å². The van der Waals surface area contributed by atoms with Gasteiger partial charge >= 0.3 is 6.09 Å². The number of rotatable bonds is 8. The van der Waals surface area contributed by atoms with Crippen molar-refractivity contribution in [3.05, 3.63) is 70.3 Å². The molecule has 38 heavy (non-hydrogen) atoms. The van der Waals surface area contributed by atoms with Crippen LogP contribution in [0.1, 0.15) is 111 Å². The van der Waals surface area contributed by atoms with Gasteiger partial charge in [-0.15, -0.1) is 0 Å². The number of methoxy groups -OCH3 is 1. The number of hydrogen-bond acceptors (Lipinski definition) is 3. The predicted octanol–water partition coefficient (Wildman–Crippen LogP) is 7.68. The van der Waals surface area contributed by atoms with Crippen LogP contribution in [0.5, 0.6) is 0 Å². The molecule has 2 aromatic rings. The smallest absolute Gasteiger partial charge is 0.411 e. The molecular weight excluding hydrogens is 472 g/mol. The number of aryl methyl sites for hydroxylation is 1. The summed E-state index contributed by atoms with van der Waals surface area (Å²) in [6.45, 7) is 4.33. The summed E-state index contributed by atoms with van der Waals surface area (Å²) in [6.07, 6.45) is 13.0. The number of carbonyl (C=O) groups is 2. The zero-order valence-electron chi connectivity index (χ0n) is 23.2. The summed E-state index contributed by atoms with van der Waals surface area (Å²) in [7, 11) is 1.46. The number of unbranched alkanes of at least 4 members (excludes halogenated alkanes) is 3. The zero-order valence-corrected chi connectivity index (χ0v) is 23.2. The van der Waals surface area contributed by atoms with Crippen LogP contribution in [0.25, 0.3) is 11.6 Å². The van der Waals surface area contributed by atoms with Crippen molar-refractivity contribution in [2.24, 2.45) is 0 Å². The van der Waals surface area contributed by atoms with Crippen LogP contribution in [0.4, 0.5) is 4.79 Å². The van der Waals surface area contributed by atoms with E-state index in [2.05, 4.69) is 61.6 Å². The standard InChI is InChI=1S/C33H42N2O3/c1-4-5-6-12-19-33-28-18-17-23(2)20-24(28)21-29(33)26-15-10-11-16-27(26)30(35(33)32(37)38-3)22-31(36)34-25-13-8-7-9-14-25/h10-11,15-18,20-21,25,30H,4-9,12-14,19,22H2,1-3H3,(H,34,36). The summed E-state index contributed by atoms with van der Waals surface area (Å²) in [5.41, 5.74) is 6.16. The van der Waals surface area contributed by atoms with Crippen LogP contribution in [0.3, 0.4) is 0 Å². The zero-order chi connectivity index (χ0) is 26.7. The van der Waals surface area contributed by atoms with Gasteiger partial charge in [0.2, 0.25) is 5.91 Å². The van der Waals surface area contributed by atoms with E-state index >= 15 is 0 Å². The number of fused-ring (bicyclic) bond motifs is 5. The summed E-state index contributed by atoms with van der Waals surface area (Å²) in [6, 6.07) is 14.7. The minimum absolute atomic E-state index is 0.0151. The highest BCUT2D eigenvalue weighted by molar-refractivity contribution is 5.99. The van der Waals surface area contributed by atoms with E-state index in [0.29, 0.717) is 0 Å². The molecule has 5 nitrogen and oxygen atoms in total. The summed E-state index contributed by atoms with van der Waals surface area (Å²) in [4.78, 5) is 29.3. The third kappa shape index (κ3) is 4.76. The van der Waals surface area contributed by atoms with Crippen molar-refractivity contribution < 1.29 is 14.3 Å². The quantitative estimate of drug-likeness (QED) is 0.368. The Balaban J connectivity index is 1.62. The molecule has 2 aliphatic carbocycles. The van der Waals surface area contributed by atoms with Gasteiger partial charge in [0.1, 0.15) is 0 Å². The highest BCUT2D eigenvalue weighted by Crippen LogP contribution is 2.59. The van der Waals surface area contributed by atoms with E-state index in [-0.39, 0.29) is 24.5 Å². The van der Waals surface area contributed by atoms with E-state index in [1.807, 2.05) is 11.0 Å². The summed E-state index contributed by atoms with van der Waals surface area (Å²) >= 11 is 0. The lowest BCUT2D eigenvalue weighted by Crippen LogP contribution is -2.54. The Morgan fingerprint density at radius 1 is 1.05 bits per heavy atom. The lowest BCUT2D eigenvalue weighted by atomic mass is 9.71. The molecule has 1 fully saturated rings. The van der Waals surface area contributed by atoms with Gasteiger partial charge in [0.15, 0.2) is 0 Å². The topological polar surface area (TPSA) is 58.6 Å². The fraction of sp³-hybridized carbons (Fsp3) is 0.515. The maximum absolute atomic E-state index is 13.8. The molecule has 1 aliphatic heterocycles. The van der Waals surface area contributed by atoms with Crippen LogP contribution >= 0.6 is 0 Å². The molecule has 0 bridgehead atoms. The first-order valence-corrected chi connectivity index (χ1v) is 14.6. The molecular formula is C33H42N2O3. The Morgan fingerprint density at radius 3 is 2.61 bits per heavy atom. The third-order valence-corrected chi connectivity index (χ3v) is 8.84. The van der Waals surface area contributed by atoms with E-state index in [0.717, 1.165) is 85.6 Å². The Bertz CT molecular complexity index is 1210. The number of benzene rings is 2. The predicted molar refractivity (Wildman–Crippen MR) is 153 cm³/mol. The van der Waals surface area contributed by atoms with E-state index in [9.17, 15) is 9.59 Å². The van der Waals surface area contributed by atoms with Crippen molar-refractivity contribution in [2.45, 2.75) is 102 Å². The molecule has 0 spiro atoms. The third-order valence-electron chi connectivity index (χ3n) is 8.84. The van der Waals surface area contributed by atoms with Crippen LogP contribution in [-0.2, 0) is 15.1 Å². The molecule has 1 heterocycles. The first kappa shape index (κ1) is 26.5. The van der Waals surface area contributed by atoms with Gasteiger partial charge < -0.3 is 10.1 Å². The number of amides is 2. The average molecular weight is 515 g/mol. The highest BCUT2D eigenvalue weighted by atomic mass is 16.5. The molecule has 2 aromatic carbocycles. The monoisotopic (exact) mass is 514 g/mol. The molecule has 2 atom stereocenters. The first-order chi connectivity index (χ1) is 18.5. The van der Waals surface area contributed by atoms with E-state index in [1.54, 1.807) is 0 Å². The largest absolute Gasteiger partial charge is 0.453 e. The van der Waals surface area contributed by atoms with Crippen molar-refractivity contribution >= 4 is 23.6 Å². The number of carbonyl (C=O) groups excluding carboxylic acids is 2. The van der Waals surface area contributed by atoms with Crippen molar-refractivity contribution in [2.75, 3.05) is 7.11 Å². The van der Waals surface area contributed by atoms with Crippen LogP contribution in [-0.4, -0.2) is 30.1 Å². The lowest BCUT2D eigenvalue weighted by Gasteiger charge is -2.51. The van der Waals surface area contributed by atoms with Crippen LogP contribution in [0.2, 0.25) is 0 Å². The molecule has 3 aliphatic rings. The van der Waals surface area contributed by atoms with Gasteiger partial charge in [-0.05, 0) is 60.1 Å². The van der Waals surface area contributed by atoms with Gasteiger partial charge in [-0.1, -0.05) is 99.9 Å². The van der Waals surface area contributed by atoms with Crippen molar-refractivity contribution in [3.63, 3.8) is 0 Å². The fourth-order valence-electron chi connectivity index (χ4n) is 7.09. The molecule has 0 radical (unpaired) electrons. The van der Waals surface area contributed by atoms with Crippen molar-refractivity contribution in [1.29, 1.82) is 0 Å². The SMILES string of the molecule is CCCCCCC12C(=Cc3cc(C)ccc31)c1ccccc1C(CC(=O)NC1CCCCC1)N2C(=O)OC. The average Bonchev–Trinajstić information content (AvgIpc) is 3.25. The number of nitrogens with zero attached hydrogens (tertiary/aromatic N) is 1. The molecule has 0 aromatic heterocycles. The number of nitrogens with one attached hydrogen (secondary N) is 1. The maximum Gasteiger partial charge on any atom is 0.411 e. The Hall–Kier alpha value is -3.08. The maximum atomic E-state index is 13.8. The van der Waals surface area contributed by atoms with Gasteiger partial charge in [0.25, 0.3) is 0 Å². The number of hydrogen-bond donors (Lipinski definition) is 1. The minimum atomic E-state index is -0.659. The molecule has 0 saturated heterocycles. The second kappa shape index (κ2) is 11.3. The lowest BCUT2D eigenvalue weighted by molar-refractivity contribution is -0.123. The van der Waals surface area contributed by atoms with Gasteiger partial charge in [-0.25, -0.2) is 4.79 Å². The van der Waals surface area contributed by atoms with Gasteiger partial charge in [-0.2, -0.15) is 0 Å². The van der Waals surface area contributed by atoms with Crippen molar-refractivity contribution in [3.8, 4) is 0 Å². The summed E-state index contributed by atoms with van der Waals surface area (Å²) < 4.78 is 5.49. The Kier molecular flexibility index (Phi) is 7.92. The highest BCUT2D eigenvalue weighted by Gasteiger charge is 2.55. The summed E-state index contributed by atoms with van der Waals surface area (Å²) in [5, 5.41) is 3.30. The van der Waals surface area contributed by atoms with Crippen LogP contribution in [0.15, 0.2) is 42.5 Å². The van der Waals surface area contributed by atoms with Crippen LogP contribution < -0.4 is 5.32 Å². The normalized spacial score (nSPS) is 22.2. The van der Waals surface area contributed by atoms with E-state index in [1.165, 1.54) is 19.1 Å². The van der Waals surface area contributed by atoms with Gasteiger partial charge in [0, 0.05) is 6.04 Å². The molecule has 1 saturated carbocycles. The molecule has 1 N–H and O–H groups in total. The second-order valence-corrected chi connectivity index (χ2v) is 11.4. The van der Waals surface area contributed by atoms with Crippen LogP contribution in [0, 0.1) is 6.92 Å². The molecule has 202 valence electrons. The second-order valence-electron chi connectivity index (χ2n) is 11.4. The van der Waals surface area contributed by atoms with E-state index in [4.69, 9.17) is 4.74 Å². The molecule has 2 unspecified atom stereocenters. The first-order valence-electron chi connectivity index (χ1n) is 14.6. The molecule has 5 rings (SSSR count). The summed E-state index contributed by atoms with van der Waals surface area (Å²) in [5.74, 6) is 0.0151. The molecule has 2 amide bonds. The minimum Gasteiger partial charge on any atom is -0.453 e. The van der Waals surface area contributed by atoms with Crippen molar-refractivity contribution in [1.82, 2.24) is 10.2 Å². The Labute approximate surface area is 227 Å². The number of ether oxygens (including phenoxy) is 1.